The molecule has 0 saturated carbocycles. The van der Waals surface area contributed by atoms with Gasteiger partial charge in [-0.2, -0.15) is 5.10 Å². The molecule has 0 aliphatic rings. The highest BCUT2D eigenvalue weighted by Gasteiger charge is 2.25. The largest absolute Gasteiger partial charge is 0.480 e. The second-order valence-electron chi connectivity index (χ2n) is 5.92. The number of aromatic amines is 1. The topological polar surface area (TPSA) is 112 Å². The first-order valence-electron chi connectivity index (χ1n) is 8.26. The van der Waals surface area contributed by atoms with E-state index in [2.05, 4.69) is 15.5 Å². The maximum absolute atomic E-state index is 12.7. The van der Waals surface area contributed by atoms with Crippen LogP contribution in [0.2, 0.25) is 0 Å². The molecule has 2 aromatic carbocycles. The van der Waals surface area contributed by atoms with E-state index in [1.54, 1.807) is 24.3 Å². The summed E-state index contributed by atoms with van der Waals surface area (Å²) in [5.74, 6) is -1.97. The minimum atomic E-state index is -1.20. The van der Waals surface area contributed by atoms with Crippen LogP contribution in [0.3, 0.4) is 0 Å². The van der Waals surface area contributed by atoms with Crippen LogP contribution < -0.4 is 10.9 Å². The van der Waals surface area contributed by atoms with Crippen molar-refractivity contribution in [1.29, 1.82) is 0 Å². The Morgan fingerprint density at radius 2 is 1.56 bits per heavy atom. The quantitative estimate of drug-likeness (QED) is 0.644. The van der Waals surface area contributed by atoms with Crippen LogP contribution in [0, 0.1) is 0 Å². The number of nitrogens with zero attached hydrogens (tertiary/aromatic N) is 1. The second-order valence-corrected chi connectivity index (χ2v) is 5.92. The van der Waals surface area contributed by atoms with Crippen LogP contribution in [0.1, 0.15) is 17.3 Å². The van der Waals surface area contributed by atoms with Gasteiger partial charge in [-0.25, -0.2) is 5.10 Å². The zero-order valence-electron chi connectivity index (χ0n) is 14.5. The van der Waals surface area contributed by atoms with Gasteiger partial charge in [0, 0.05) is 11.1 Å². The van der Waals surface area contributed by atoms with Crippen molar-refractivity contribution >= 4 is 11.9 Å². The number of carboxylic acids is 1. The number of benzene rings is 2. The number of nitrogens with one attached hydrogen (secondary N) is 2. The smallest absolute Gasteiger partial charge is 0.325 e. The van der Waals surface area contributed by atoms with Crippen molar-refractivity contribution in [1.82, 2.24) is 15.5 Å². The Hall–Kier alpha value is -3.74. The highest BCUT2D eigenvalue weighted by Crippen LogP contribution is 2.31. The molecule has 1 atom stereocenters. The molecule has 27 heavy (non-hydrogen) atoms. The summed E-state index contributed by atoms with van der Waals surface area (Å²) in [6.45, 7) is 1.33. The lowest BCUT2D eigenvalue weighted by Crippen LogP contribution is -2.41. The Morgan fingerprint density at radius 3 is 2.11 bits per heavy atom. The van der Waals surface area contributed by atoms with E-state index in [0.717, 1.165) is 0 Å². The van der Waals surface area contributed by atoms with Crippen LogP contribution in [-0.2, 0) is 4.79 Å². The first kappa shape index (κ1) is 18.1. The predicted molar refractivity (Wildman–Crippen MR) is 100 cm³/mol. The number of H-pyrrole nitrogens is 1. The summed E-state index contributed by atoms with van der Waals surface area (Å²) in [4.78, 5) is 36.3. The number of rotatable bonds is 5. The third-order valence-corrected chi connectivity index (χ3v) is 4.04. The van der Waals surface area contributed by atoms with Gasteiger partial charge in [0.15, 0.2) is 0 Å². The van der Waals surface area contributed by atoms with Crippen molar-refractivity contribution in [2.75, 3.05) is 0 Å². The number of carbonyl (C=O) groups is 2. The summed E-state index contributed by atoms with van der Waals surface area (Å²) in [7, 11) is 0. The normalized spacial score (nSPS) is 11.6. The second kappa shape index (κ2) is 7.65. The van der Waals surface area contributed by atoms with Crippen LogP contribution in [0.5, 0.6) is 0 Å². The highest BCUT2D eigenvalue weighted by molar-refractivity contribution is 6.04. The third-order valence-electron chi connectivity index (χ3n) is 4.04. The van der Waals surface area contributed by atoms with Crippen molar-refractivity contribution in [2.24, 2.45) is 0 Å². The summed E-state index contributed by atoms with van der Waals surface area (Å²) >= 11 is 0. The van der Waals surface area contributed by atoms with Crippen molar-refractivity contribution in [3.63, 3.8) is 0 Å². The summed E-state index contributed by atoms with van der Waals surface area (Å²) < 4.78 is 0. The lowest BCUT2D eigenvalue weighted by molar-refractivity contribution is -0.138. The van der Waals surface area contributed by atoms with Crippen molar-refractivity contribution in [3.8, 4) is 22.4 Å². The Labute approximate surface area is 154 Å². The molecule has 0 saturated heterocycles. The van der Waals surface area contributed by atoms with Gasteiger partial charge in [0.25, 0.3) is 11.5 Å². The molecule has 7 heteroatoms. The molecule has 3 N–H and O–H groups in total. The van der Waals surface area contributed by atoms with Gasteiger partial charge in [0.1, 0.15) is 11.6 Å². The molecule has 0 radical (unpaired) electrons. The van der Waals surface area contributed by atoms with Gasteiger partial charge in [0.2, 0.25) is 0 Å². The molecule has 7 nitrogen and oxygen atoms in total. The molecule has 0 aliphatic carbocycles. The fraction of sp³-hybridized carbons (Fsp3) is 0.100. The summed E-state index contributed by atoms with van der Waals surface area (Å²) in [5.41, 5.74) is 1.25. The fourth-order valence-electron chi connectivity index (χ4n) is 2.69. The zero-order valence-corrected chi connectivity index (χ0v) is 14.5. The minimum absolute atomic E-state index is 0.178. The van der Waals surface area contributed by atoms with E-state index in [9.17, 15) is 14.4 Å². The zero-order chi connectivity index (χ0) is 19.4. The molecular weight excluding hydrogens is 346 g/mol. The lowest BCUT2D eigenvalue weighted by Gasteiger charge is -2.15. The number of hydrogen-bond acceptors (Lipinski definition) is 4. The summed E-state index contributed by atoms with van der Waals surface area (Å²) in [6.07, 6.45) is 0. The SMILES string of the molecule is CC(NC(=O)c1c(-c2ccccc2)c(-c2ccccc2)n[nH]c1=O)C(=O)O. The molecule has 136 valence electrons. The van der Waals surface area contributed by atoms with E-state index in [4.69, 9.17) is 5.11 Å². The molecule has 0 aliphatic heterocycles. The highest BCUT2D eigenvalue weighted by atomic mass is 16.4. The molecule has 0 bridgehead atoms. The summed E-state index contributed by atoms with van der Waals surface area (Å²) in [6, 6.07) is 16.9. The van der Waals surface area contributed by atoms with Crippen LogP contribution in [0.4, 0.5) is 0 Å². The van der Waals surface area contributed by atoms with Crippen molar-refractivity contribution < 1.29 is 14.7 Å². The molecule has 3 aromatic rings. The lowest BCUT2D eigenvalue weighted by atomic mass is 9.95. The molecule has 1 unspecified atom stereocenters. The number of aliphatic carboxylic acids is 1. The van der Waals surface area contributed by atoms with Crippen molar-refractivity contribution in [3.05, 3.63) is 76.6 Å². The number of carbonyl (C=O) groups excluding carboxylic acids is 1. The number of hydrogen-bond donors (Lipinski definition) is 3. The van der Waals surface area contributed by atoms with E-state index >= 15 is 0 Å². The van der Waals surface area contributed by atoms with Gasteiger partial charge in [0.05, 0.1) is 5.69 Å². The number of amides is 1. The Bertz CT molecular complexity index is 1030. The van der Waals surface area contributed by atoms with Gasteiger partial charge in [-0.15, -0.1) is 0 Å². The maximum Gasteiger partial charge on any atom is 0.325 e. The van der Waals surface area contributed by atoms with Crippen LogP contribution in [0.15, 0.2) is 65.5 Å². The van der Waals surface area contributed by atoms with E-state index in [-0.39, 0.29) is 5.56 Å². The first-order valence-corrected chi connectivity index (χ1v) is 8.26. The van der Waals surface area contributed by atoms with Gasteiger partial charge in [-0.3, -0.25) is 14.4 Å². The van der Waals surface area contributed by atoms with Gasteiger partial charge >= 0.3 is 5.97 Å². The fourth-order valence-corrected chi connectivity index (χ4v) is 2.69. The number of carboxylic acid groups (broad SMARTS) is 1. The monoisotopic (exact) mass is 363 g/mol. The van der Waals surface area contributed by atoms with Crippen LogP contribution in [-0.4, -0.2) is 33.2 Å². The van der Waals surface area contributed by atoms with Crippen molar-refractivity contribution in [2.45, 2.75) is 13.0 Å². The van der Waals surface area contributed by atoms with E-state index in [0.29, 0.717) is 22.4 Å². The average molecular weight is 363 g/mol. The molecular formula is C20H17N3O4. The van der Waals surface area contributed by atoms with E-state index < -0.39 is 23.5 Å². The molecule has 0 spiro atoms. The van der Waals surface area contributed by atoms with Crippen LogP contribution in [0.25, 0.3) is 22.4 Å². The van der Waals surface area contributed by atoms with Crippen LogP contribution >= 0.6 is 0 Å². The summed E-state index contributed by atoms with van der Waals surface area (Å²) in [5, 5.41) is 17.9. The Kier molecular flexibility index (Phi) is 5.12. The third kappa shape index (κ3) is 3.77. The van der Waals surface area contributed by atoms with Gasteiger partial charge in [-0.05, 0) is 12.5 Å². The molecule has 1 amide bonds. The van der Waals surface area contributed by atoms with Gasteiger partial charge < -0.3 is 10.4 Å². The maximum atomic E-state index is 12.7. The average Bonchev–Trinajstić information content (AvgIpc) is 2.68. The first-order chi connectivity index (χ1) is 13.0. The van der Waals surface area contributed by atoms with Gasteiger partial charge in [-0.1, -0.05) is 60.7 Å². The Morgan fingerprint density at radius 1 is 1.00 bits per heavy atom. The number of aromatic nitrogens is 2. The van der Waals surface area contributed by atoms with E-state index in [1.807, 2.05) is 36.4 Å². The van der Waals surface area contributed by atoms with E-state index in [1.165, 1.54) is 6.92 Å². The molecule has 3 rings (SSSR count). The Balaban J connectivity index is 2.25. The minimum Gasteiger partial charge on any atom is -0.480 e. The standard InChI is InChI=1S/C20H17N3O4/c1-12(20(26)27)21-18(24)16-15(13-8-4-2-5-9-13)17(22-23-19(16)25)14-10-6-3-7-11-14/h2-12H,1H3,(H,21,24)(H,23,25)(H,26,27). The predicted octanol–water partition coefficient (Wildman–Crippen LogP) is 2.31. The molecule has 1 heterocycles. The molecule has 1 aromatic heterocycles. The molecule has 0 fully saturated rings.